The van der Waals surface area contributed by atoms with E-state index in [4.69, 9.17) is 33.7 Å². The van der Waals surface area contributed by atoms with E-state index >= 15 is 0 Å². The molecule has 0 fully saturated rings. The Labute approximate surface area is 129 Å². The molecule has 2 rings (SSSR count). The van der Waals surface area contributed by atoms with Crippen LogP contribution in [0.2, 0.25) is 10.0 Å². The van der Waals surface area contributed by atoms with Gasteiger partial charge in [0.05, 0.1) is 16.1 Å². The first-order chi connectivity index (χ1) is 9.61. The molecular weight excluding hydrogens is 293 g/mol. The molecule has 0 aliphatic carbocycles. The SMILES string of the molecule is COC(c1ccccc1)C(N)Cc1ccc(Cl)c(Cl)c1. The molecule has 2 aromatic rings. The van der Waals surface area contributed by atoms with Gasteiger partial charge in [-0.3, -0.25) is 0 Å². The van der Waals surface area contributed by atoms with Crippen LogP contribution in [0, 0.1) is 0 Å². The zero-order valence-electron chi connectivity index (χ0n) is 11.2. The number of ether oxygens (including phenoxy) is 1. The first kappa shape index (κ1) is 15.3. The maximum Gasteiger partial charge on any atom is 0.0975 e. The Morgan fingerprint density at radius 2 is 1.75 bits per heavy atom. The maximum atomic E-state index is 6.28. The summed E-state index contributed by atoms with van der Waals surface area (Å²) in [6.45, 7) is 0. The van der Waals surface area contributed by atoms with E-state index in [2.05, 4.69) is 0 Å². The molecule has 0 aliphatic rings. The highest BCUT2D eigenvalue weighted by molar-refractivity contribution is 6.42. The van der Waals surface area contributed by atoms with Gasteiger partial charge < -0.3 is 10.5 Å². The number of hydrogen-bond donors (Lipinski definition) is 1. The number of benzene rings is 2. The van der Waals surface area contributed by atoms with E-state index in [1.807, 2.05) is 42.5 Å². The van der Waals surface area contributed by atoms with Gasteiger partial charge in [0.1, 0.15) is 0 Å². The van der Waals surface area contributed by atoms with Crippen LogP contribution in [0.5, 0.6) is 0 Å². The Balaban J connectivity index is 2.13. The van der Waals surface area contributed by atoms with Gasteiger partial charge in [-0.15, -0.1) is 0 Å². The smallest absolute Gasteiger partial charge is 0.0975 e. The molecule has 2 unspecified atom stereocenters. The molecule has 20 heavy (non-hydrogen) atoms. The first-order valence-corrected chi connectivity index (χ1v) is 7.14. The molecule has 2 atom stereocenters. The van der Waals surface area contributed by atoms with Crippen LogP contribution in [0.15, 0.2) is 48.5 Å². The Kier molecular flexibility index (Phi) is 5.44. The van der Waals surface area contributed by atoms with Crippen molar-refractivity contribution in [2.75, 3.05) is 7.11 Å². The zero-order valence-corrected chi connectivity index (χ0v) is 12.7. The van der Waals surface area contributed by atoms with E-state index in [0.29, 0.717) is 16.5 Å². The number of halogens is 2. The molecule has 0 saturated heterocycles. The van der Waals surface area contributed by atoms with Gasteiger partial charge in [0.2, 0.25) is 0 Å². The molecule has 0 bridgehead atoms. The summed E-state index contributed by atoms with van der Waals surface area (Å²) in [7, 11) is 1.67. The van der Waals surface area contributed by atoms with Crippen molar-refractivity contribution in [3.05, 3.63) is 69.7 Å². The van der Waals surface area contributed by atoms with Gasteiger partial charge in [-0.1, -0.05) is 59.6 Å². The fraction of sp³-hybridized carbons (Fsp3) is 0.250. The number of hydrogen-bond acceptors (Lipinski definition) is 2. The number of rotatable bonds is 5. The van der Waals surface area contributed by atoms with Crippen LogP contribution in [-0.2, 0) is 11.2 Å². The molecule has 4 heteroatoms. The molecule has 0 heterocycles. The molecule has 0 radical (unpaired) electrons. The minimum Gasteiger partial charge on any atom is -0.375 e. The molecule has 2 N–H and O–H groups in total. The normalized spacial score (nSPS) is 14.0. The van der Waals surface area contributed by atoms with Gasteiger partial charge in [-0.2, -0.15) is 0 Å². The second-order valence-corrected chi connectivity index (χ2v) is 5.50. The Hall–Kier alpha value is -1.06. The minimum absolute atomic E-state index is 0.148. The van der Waals surface area contributed by atoms with Crippen LogP contribution in [0.4, 0.5) is 0 Å². The third-order valence-corrected chi connectivity index (χ3v) is 3.97. The van der Waals surface area contributed by atoms with Crippen molar-refractivity contribution in [3.8, 4) is 0 Å². The first-order valence-electron chi connectivity index (χ1n) is 6.39. The van der Waals surface area contributed by atoms with Crippen LogP contribution in [0.25, 0.3) is 0 Å². The fourth-order valence-electron chi connectivity index (χ4n) is 2.25. The molecule has 0 amide bonds. The lowest BCUT2D eigenvalue weighted by Gasteiger charge is -2.23. The van der Waals surface area contributed by atoms with Crippen molar-refractivity contribution >= 4 is 23.2 Å². The van der Waals surface area contributed by atoms with Crippen molar-refractivity contribution in [1.82, 2.24) is 0 Å². The third kappa shape index (κ3) is 3.74. The summed E-state index contributed by atoms with van der Waals surface area (Å²) in [6.07, 6.45) is 0.523. The molecule has 0 aromatic heterocycles. The van der Waals surface area contributed by atoms with Crippen LogP contribution >= 0.6 is 23.2 Å². The van der Waals surface area contributed by atoms with E-state index in [0.717, 1.165) is 11.1 Å². The Bertz CT molecular complexity index is 560. The summed E-state index contributed by atoms with van der Waals surface area (Å²) in [5, 5.41) is 1.10. The van der Waals surface area contributed by atoms with E-state index in [1.54, 1.807) is 13.2 Å². The van der Waals surface area contributed by atoms with Crippen molar-refractivity contribution in [2.24, 2.45) is 5.73 Å². The monoisotopic (exact) mass is 309 g/mol. The van der Waals surface area contributed by atoms with Crippen molar-refractivity contribution < 1.29 is 4.74 Å². The highest BCUT2D eigenvalue weighted by Gasteiger charge is 2.19. The second-order valence-electron chi connectivity index (χ2n) is 4.68. The minimum atomic E-state index is -0.153. The summed E-state index contributed by atoms with van der Waals surface area (Å²) in [6, 6.07) is 15.4. The van der Waals surface area contributed by atoms with Crippen LogP contribution < -0.4 is 5.73 Å². The molecule has 0 aliphatic heterocycles. The van der Waals surface area contributed by atoms with Crippen molar-refractivity contribution in [3.63, 3.8) is 0 Å². The highest BCUT2D eigenvalue weighted by atomic mass is 35.5. The highest BCUT2D eigenvalue weighted by Crippen LogP contribution is 2.26. The summed E-state index contributed by atoms with van der Waals surface area (Å²) in [5.41, 5.74) is 8.40. The van der Waals surface area contributed by atoms with Gasteiger partial charge in [-0.05, 0) is 29.7 Å². The quantitative estimate of drug-likeness (QED) is 0.896. The van der Waals surface area contributed by atoms with E-state index in [-0.39, 0.29) is 12.1 Å². The zero-order chi connectivity index (χ0) is 14.5. The predicted octanol–water partition coefficient (Wildman–Crippen LogP) is 4.25. The van der Waals surface area contributed by atoms with E-state index < -0.39 is 0 Å². The van der Waals surface area contributed by atoms with Crippen molar-refractivity contribution in [2.45, 2.75) is 18.6 Å². The third-order valence-electron chi connectivity index (χ3n) is 3.23. The summed E-state index contributed by atoms with van der Waals surface area (Å²) >= 11 is 11.9. The van der Waals surface area contributed by atoms with Crippen LogP contribution in [-0.4, -0.2) is 13.2 Å². The van der Waals surface area contributed by atoms with Gasteiger partial charge >= 0.3 is 0 Å². The predicted molar refractivity (Wildman–Crippen MR) is 84.3 cm³/mol. The number of methoxy groups -OCH3 is 1. The van der Waals surface area contributed by atoms with Crippen LogP contribution in [0.3, 0.4) is 0 Å². The van der Waals surface area contributed by atoms with E-state index in [9.17, 15) is 0 Å². The molecular formula is C16H17Cl2NO. The average molecular weight is 310 g/mol. The lowest BCUT2D eigenvalue weighted by atomic mass is 9.97. The second kappa shape index (κ2) is 7.09. The Morgan fingerprint density at radius 1 is 1.05 bits per heavy atom. The van der Waals surface area contributed by atoms with Gasteiger partial charge in [-0.25, -0.2) is 0 Å². The molecule has 106 valence electrons. The summed E-state index contributed by atoms with van der Waals surface area (Å²) in [5.74, 6) is 0. The van der Waals surface area contributed by atoms with Gasteiger partial charge in [0, 0.05) is 13.2 Å². The largest absolute Gasteiger partial charge is 0.375 e. The summed E-state index contributed by atoms with van der Waals surface area (Å²) < 4.78 is 5.54. The van der Waals surface area contributed by atoms with E-state index in [1.165, 1.54) is 0 Å². The molecule has 2 aromatic carbocycles. The average Bonchev–Trinajstić information content (AvgIpc) is 2.45. The van der Waals surface area contributed by atoms with Gasteiger partial charge in [0.15, 0.2) is 0 Å². The molecule has 0 saturated carbocycles. The molecule has 0 spiro atoms. The molecule has 2 nitrogen and oxygen atoms in total. The Morgan fingerprint density at radius 3 is 2.35 bits per heavy atom. The maximum absolute atomic E-state index is 6.28. The summed E-state index contributed by atoms with van der Waals surface area (Å²) in [4.78, 5) is 0. The van der Waals surface area contributed by atoms with Crippen LogP contribution in [0.1, 0.15) is 17.2 Å². The fourth-order valence-corrected chi connectivity index (χ4v) is 2.57. The van der Waals surface area contributed by atoms with Crippen molar-refractivity contribution in [1.29, 1.82) is 0 Å². The van der Waals surface area contributed by atoms with Gasteiger partial charge in [0.25, 0.3) is 0 Å². The lowest BCUT2D eigenvalue weighted by molar-refractivity contribution is 0.0803. The lowest BCUT2D eigenvalue weighted by Crippen LogP contribution is -2.31. The number of nitrogens with two attached hydrogens (primary N) is 1. The standard InChI is InChI=1S/C16H17Cl2NO/c1-20-16(12-5-3-2-4-6-12)15(19)10-11-7-8-13(17)14(18)9-11/h2-9,15-16H,10,19H2,1H3. The topological polar surface area (TPSA) is 35.2 Å².